The van der Waals surface area contributed by atoms with Crippen molar-refractivity contribution in [2.24, 2.45) is 0 Å². The fourth-order valence-electron chi connectivity index (χ4n) is 3.02. The van der Waals surface area contributed by atoms with Gasteiger partial charge in [-0.25, -0.2) is 0 Å². The number of hydrogen-bond donors (Lipinski definition) is 0. The summed E-state index contributed by atoms with van der Waals surface area (Å²) >= 11 is 0. The molecule has 1 aromatic rings. The summed E-state index contributed by atoms with van der Waals surface area (Å²) in [4.78, 5) is 5.02. The van der Waals surface area contributed by atoms with Gasteiger partial charge in [-0.1, -0.05) is 69.9 Å². The second kappa shape index (κ2) is 8.76. The fraction of sp³-hybridized carbons (Fsp3) is 0.579. The SMILES string of the molecule is CCCCCN1C=CN(CCCCC)C1c1ccccc1. The molecular formula is C19H30N2. The maximum atomic E-state index is 2.51. The van der Waals surface area contributed by atoms with Gasteiger partial charge in [-0.05, 0) is 18.4 Å². The molecule has 1 aromatic carbocycles. The van der Waals surface area contributed by atoms with Crippen LogP contribution in [-0.2, 0) is 0 Å². The van der Waals surface area contributed by atoms with Crippen LogP contribution in [0.5, 0.6) is 0 Å². The van der Waals surface area contributed by atoms with E-state index in [4.69, 9.17) is 0 Å². The lowest BCUT2D eigenvalue weighted by Gasteiger charge is -2.33. The van der Waals surface area contributed by atoms with E-state index in [0.717, 1.165) is 13.1 Å². The van der Waals surface area contributed by atoms with Crippen molar-refractivity contribution in [1.29, 1.82) is 0 Å². The van der Waals surface area contributed by atoms with Gasteiger partial charge in [-0.3, -0.25) is 0 Å². The van der Waals surface area contributed by atoms with Crippen LogP contribution in [-0.4, -0.2) is 22.9 Å². The topological polar surface area (TPSA) is 6.48 Å². The number of unbranched alkanes of at least 4 members (excludes halogenated alkanes) is 4. The minimum absolute atomic E-state index is 0.403. The summed E-state index contributed by atoms with van der Waals surface area (Å²) in [5.41, 5.74) is 1.41. The normalized spacial score (nSPS) is 15.1. The van der Waals surface area contributed by atoms with Gasteiger partial charge in [0.2, 0.25) is 0 Å². The number of rotatable bonds is 9. The molecule has 0 bridgehead atoms. The smallest absolute Gasteiger partial charge is 0.127 e. The summed E-state index contributed by atoms with van der Waals surface area (Å²) < 4.78 is 0. The van der Waals surface area contributed by atoms with Crippen LogP contribution in [0.15, 0.2) is 42.7 Å². The van der Waals surface area contributed by atoms with Crippen LogP contribution in [0.2, 0.25) is 0 Å². The van der Waals surface area contributed by atoms with Gasteiger partial charge in [0.25, 0.3) is 0 Å². The van der Waals surface area contributed by atoms with E-state index in [-0.39, 0.29) is 0 Å². The van der Waals surface area contributed by atoms with Crippen LogP contribution < -0.4 is 0 Å². The van der Waals surface area contributed by atoms with Gasteiger partial charge in [0, 0.05) is 25.5 Å². The zero-order valence-corrected chi connectivity index (χ0v) is 13.7. The Kier molecular flexibility index (Phi) is 6.65. The maximum absolute atomic E-state index is 2.51. The van der Waals surface area contributed by atoms with Gasteiger partial charge in [0.15, 0.2) is 0 Å². The van der Waals surface area contributed by atoms with Crippen LogP contribution in [0.3, 0.4) is 0 Å². The van der Waals surface area contributed by atoms with Gasteiger partial charge >= 0.3 is 0 Å². The molecule has 0 aromatic heterocycles. The molecule has 2 nitrogen and oxygen atoms in total. The Morgan fingerprint density at radius 2 is 1.29 bits per heavy atom. The summed E-state index contributed by atoms with van der Waals surface area (Å²) in [6.45, 7) is 6.86. The second-order valence-electron chi connectivity index (χ2n) is 5.97. The maximum Gasteiger partial charge on any atom is 0.127 e. The highest BCUT2D eigenvalue weighted by molar-refractivity contribution is 5.21. The van der Waals surface area contributed by atoms with Crippen molar-refractivity contribution in [3.8, 4) is 0 Å². The van der Waals surface area contributed by atoms with Gasteiger partial charge < -0.3 is 9.80 Å². The molecule has 0 saturated carbocycles. The highest BCUT2D eigenvalue weighted by Gasteiger charge is 2.26. The average Bonchev–Trinajstić information content (AvgIpc) is 2.92. The first-order valence-corrected chi connectivity index (χ1v) is 8.61. The Hall–Kier alpha value is -1.44. The molecular weight excluding hydrogens is 256 g/mol. The summed E-state index contributed by atoms with van der Waals surface area (Å²) in [6, 6.07) is 10.9. The molecule has 0 fully saturated rings. The number of benzene rings is 1. The van der Waals surface area contributed by atoms with E-state index in [2.05, 4.69) is 66.4 Å². The molecule has 0 unspecified atom stereocenters. The summed E-state index contributed by atoms with van der Waals surface area (Å²) in [5.74, 6) is 0. The average molecular weight is 286 g/mol. The van der Waals surface area contributed by atoms with Crippen molar-refractivity contribution in [3.05, 3.63) is 48.3 Å². The summed E-state index contributed by atoms with van der Waals surface area (Å²) in [7, 11) is 0. The Morgan fingerprint density at radius 1 is 0.762 bits per heavy atom. The molecule has 0 amide bonds. The molecule has 0 N–H and O–H groups in total. The van der Waals surface area contributed by atoms with E-state index in [1.807, 2.05) is 0 Å². The Labute approximate surface area is 130 Å². The summed E-state index contributed by atoms with van der Waals surface area (Å²) in [6.07, 6.45) is 12.8. The van der Waals surface area contributed by atoms with E-state index in [9.17, 15) is 0 Å². The Bertz CT molecular complexity index is 393. The van der Waals surface area contributed by atoms with Gasteiger partial charge in [-0.15, -0.1) is 0 Å². The van der Waals surface area contributed by atoms with E-state index in [1.165, 1.54) is 44.1 Å². The van der Waals surface area contributed by atoms with Crippen molar-refractivity contribution in [3.63, 3.8) is 0 Å². The number of nitrogens with zero attached hydrogens (tertiary/aromatic N) is 2. The molecule has 1 aliphatic heterocycles. The standard InChI is InChI=1S/C19H30N2/c1-3-5-10-14-20-16-17-21(15-11-6-4-2)19(20)18-12-8-7-9-13-18/h7-9,12-13,16-17,19H,3-6,10-11,14-15H2,1-2H3. The Balaban J connectivity index is 2.02. The number of hydrogen-bond acceptors (Lipinski definition) is 2. The van der Waals surface area contributed by atoms with E-state index in [0.29, 0.717) is 6.17 Å². The monoisotopic (exact) mass is 286 g/mol. The van der Waals surface area contributed by atoms with Crippen LogP contribution in [0, 0.1) is 0 Å². The van der Waals surface area contributed by atoms with Crippen molar-refractivity contribution in [1.82, 2.24) is 9.80 Å². The summed E-state index contributed by atoms with van der Waals surface area (Å²) in [5, 5.41) is 0. The molecule has 21 heavy (non-hydrogen) atoms. The van der Waals surface area contributed by atoms with E-state index >= 15 is 0 Å². The van der Waals surface area contributed by atoms with Crippen molar-refractivity contribution < 1.29 is 0 Å². The van der Waals surface area contributed by atoms with Crippen LogP contribution in [0.1, 0.15) is 64.1 Å². The highest BCUT2D eigenvalue weighted by atomic mass is 15.4. The van der Waals surface area contributed by atoms with E-state index in [1.54, 1.807) is 0 Å². The minimum atomic E-state index is 0.403. The second-order valence-corrected chi connectivity index (χ2v) is 5.97. The highest BCUT2D eigenvalue weighted by Crippen LogP contribution is 2.31. The van der Waals surface area contributed by atoms with Crippen LogP contribution in [0.25, 0.3) is 0 Å². The van der Waals surface area contributed by atoms with Gasteiger partial charge in [0.05, 0.1) is 0 Å². The van der Waals surface area contributed by atoms with E-state index < -0.39 is 0 Å². The first-order chi connectivity index (χ1) is 10.4. The molecule has 1 heterocycles. The molecule has 116 valence electrons. The lowest BCUT2D eigenvalue weighted by atomic mass is 10.1. The van der Waals surface area contributed by atoms with Crippen LogP contribution in [0.4, 0.5) is 0 Å². The first kappa shape index (κ1) is 15.9. The quantitative estimate of drug-likeness (QED) is 0.579. The third-order valence-electron chi connectivity index (χ3n) is 4.22. The van der Waals surface area contributed by atoms with Gasteiger partial charge in [0.1, 0.15) is 6.17 Å². The fourth-order valence-corrected chi connectivity index (χ4v) is 3.02. The minimum Gasteiger partial charge on any atom is -0.352 e. The molecule has 0 radical (unpaired) electrons. The predicted octanol–water partition coefficient (Wildman–Crippen LogP) is 5.15. The van der Waals surface area contributed by atoms with Crippen molar-refractivity contribution in [2.75, 3.05) is 13.1 Å². The third-order valence-corrected chi connectivity index (χ3v) is 4.22. The van der Waals surface area contributed by atoms with Crippen LogP contribution >= 0.6 is 0 Å². The largest absolute Gasteiger partial charge is 0.352 e. The third kappa shape index (κ3) is 4.52. The molecule has 0 atom stereocenters. The molecule has 1 aliphatic rings. The Morgan fingerprint density at radius 3 is 1.76 bits per heavy atom. The zero-order valence-electron chi connectivity index (χ0n) is 13.7. The van der Waals surface area contributed by atoms with Crippen molar-refractivity contribution >= 4 is 0 Å². The molecule has 2 rings (SSSR count). The molecule has 0 saturated heterocycles. The predicted molar refractivity (Wildman–Crippen MR) is 90.8 cm³/mol. The lowest BCUT2D eigenvalue weighted by Crippen LogP contribution is -2.32. The van der Waals surface area contributed by atoms with Gasteiger partial charge in [-0.2, -0.15) is 0 Å². The lowest BCUT2D eigenvalue weighted by molar-refractivity contribution is 0.150. The molecule has 0 aliphatic carbocycles. The first-order valence-electron chi connectivity index (χ1n) is 8.61. The van der Waals surface area contributed by atoms with Crippen molar-refractivity contribution in [2.45, 2.75) is 58.5 Å². The molecule has 2 heteroatoms. The zero-order chi connectivity index (χ0) is 14.9. The molecule has 0 spiro atoms.